The monoisotopic (exact) mass is 271 g/mol. The van der Waals surface area contributed by atoms with Crippen LogP contribution in [-0.2, 0) is 0 Å². The summed E-state index contributed by atoms with van der Waals surface area (Å²) in [5.41, 5.74) is 5.78. The lowest BCUT2D eigenvalue weighted by atomic mass is 10.0. The Morgan fingerprint density at radius 1 is 1.06 bits per heavy atom. The van der Waals surface area contributed by atoms with Crippen LogP contribution in [0.3, 0.4) is 0 Å². The largest absolute Gasteiger partial charge is 0.390 e. The van der Waals surface area contributed by atoms with E-state index in [-0.39, 0.29) is 12.4 Å². The molecule has 0 rings (SSSR count). The molecule has 16 heavy (non-hydrogen) atoms. The van der Waals surface area contributed by atoms with E-state index < -0.39 is 17.6 Å². The first kappa shape index (κ1) is 18.9. The average Bonchev–Trinajstić information content (AvgIpc) is 2.11. The molecule has 3 nitrogen and oxygen atoms in total. The van der Waals surface area contributed by atoms with Gasteiger partial charge in [-0.05, 0) is 18.8 Å². The van der Waals surface area contributed by atoms with Crippen molar-refractivity contribution in [3.63, 3.8) is 0 Å². The van der Waals surface area contributed by atoms with Crippen molar-refractivity contribution in [1.29, 1.82) is 0 Å². The van der Waals surface area contributed by atoms with E-state index in [1.54, 1.807) is 0 Å². The number of halogens is 1. The van der Waals surface area contributed by atoms with Crippen molar-refractivity contribution in [2.24, 2.45) is 11.7 Å². The van der Waals surface area contributed by atoms with Crippen LogP contribution in [0.5, 0.6) is 0 Å². The average molecular weight is 272 g/mol. The fraction of sp³-hybridized carbons (Fsp3) is 1.00. The summed E-state index contributed by atoms with van der Waals surface area (Å²) in [5, 5.41) is 19.4. The van der Waals surface area contributed by atoms with Crippen molar-refractivity contribution in [2.75, 3.05) is 0 Å². The molecule has 0 spiro atoms. The highest BCUT2D eigenvalue weighted by molar-refractivity contribution is 8.00. The number of rotatable bonds is 7. The highest BCUT2D eigenvalue weighted by atomic mass is 35.5. The van der Waals surface area contributed by atoms with Gasteiger partial charge in [0, 0.05) is 5.25 Å². The van der Waals surface area contributed by atoms with Gasteiger partial charge in [0.25, 0.3) is 0 Å². The molecule has 0 heterocycles. The quantitative estimate of drug-likeness (QED) is 0.620. The molecular weight excluding hydrogens is 246 g/mol. The van der Waals surface area contributed by atoms with E-state index in [9.17, 15) is 10.2 Å². The maximum atomic E-state index is 9.75. The topological polar surface area (TPSA) is 66.5 Å². The molecule has 4 N–H and O–H groups in total. The number of aliphatic hydroxyl groups is 2. The van der Waals surface area contributed by atoms with Crippen LogP contribution < -0.4 is 5.73 Å². The number of aliphatic hydroxyl groups excluding tert-OH is 2. The van der Waals surface area contributed by atoms with Gasteiger partial charge in [0.05, 0.1) is 11.5 Å². The Morgan fingerprint density at radius 3 is 1.94 bits per heavy atom. The van der Waals surface area contributed by atoms with Gasteiger partial charge < -0.3 is 15.9 Å². The van der Waals surface area contributed by atoms with E-state index in [4.69, 9.17) is 5.73 Å². The van der Waals surface area contributed by atoms with Gasteiger partial charge >= 0.3 is 0 Å². The smallest absolute Gasteiger partial charge is 0.104 e. The second-order valence-corrected chi connectivity index (χ2v) is 6.44. The molecule has 0 saturated heterocycles. The molecule has 0 fully saturated rings. The van der Waals surface area contributed by atoms with Crippen molar-refractivity contribution >= 4 is 24.2 Å². The summed E-state index contributed by atoms with van der Waals surface area (Å²) in [4.78, 5) is 0. The van der Waals surface area contributed by atoms with Crippen LogP contribution in [-0.4, -0.2) is 33.0 Å². The molecule has 0 aromatic carbocycles. The van der Waals surface area contributed by atoms with E-state index >= 15 is 0 Å². The number of nitrogens with two attached hydrogens (primary N) is 1. The van der Waals surface area contributed by atoms with Crippen LogP contribution in [0.15, 0.2) is 0 Å². The maximum absolute atomic E-state index is 9.75. The number of hydrogen-bond donors (Lipinski definition) is 3. The van der Waals surface area contributed by atoms with Gasteiger partial charge in [-0.2, -0.15) is 0 Å². The molecule has 0 saturated carbocycles. The minimum atomic E-state index is -0.823. The standard InChI is InChI=1S/C11H25NO2S.ClH/c1-7(2)5-6-9(13)10(14)11(12)15-8(3)4;/h7-11,13-14H,5-6,12H2,1-4H3;1H. The Kier molecular flexibility index (Phi) is 11.3. The normalized spacial score (nSPS) is 17.1. The van der Waals surface area contributed by atoms with Gasteiger partial charge in [-0.1, -0.05) is 27.7 Å². The number of thioether (sulfide) groups is 1. The van der Waals surface area contributed by atoms with Crippen molar-refractivity contribution in [1.82, 2.24) is 0 Å². The van der Waals surface area contributed by atoms with E-state index in [0.29, 0.717) is 17.6 Å². The first-order valence-corrected chi connectivity index (χ1v) is 6.56. The highest BCUT2D eigenvalue weighted by Gasteiger charge is 2.24. The second kappa shape index (κ2) is 9.54. The SMILES string of the molecule is CC(C)CCC(O)C(O)C(N)SC(C)C.Cl. The van der Waals surface area contributed by atoms with Crippen LogP contribution in [0.25, 0.3) is 0 Å². The van der Waals surface area contributed by atoms with Gasteiger partial charge in [-0.25, -0.2) is 0 Å². The Labute approximate surface area is 110 Å². The zero-order valence-corrected chi connectivity index (χ0v) is 12.2. The Bertz CT molecular complexity index is 170. The van der Waals surface area contributed by atoms with Crippen molar-refractivity contribution in [2.45, 2.75) is 63.4 Å². The van der Waals surface area contributed by atoms with Crippen LogP contribution in [0, 0.1) is 5.92 Å². The zero-order chi connectivity index (χ0) is 12.0. The summed E-state index contributed by atoms with van der Waals surface area (Å²) in [6.07, 6.45) is 0.00691. The molecular formula is C11H26ClNO2S. The molecule has 0 aromatic heterocycles. The zero-order valence-electron chi connectivity index (χ0n) is 10.6. The van der Waals surface area contributed by atoms with E-state index in [1.165, 1.54) is 11.8 Å². The van der Waals surface area contributed by atoms with Crippen molar-refractivity contribution in [3.05, 3.63) is 0 Å². The molecule has 3 atom stereocenters. The lowest BCUT2D eigenvalue weighted by molar-refractivity contribution is 0.0116. The third-order valence-electron chi connectivity index (χ3n) is 2.20. The van der Waals surface area contributed by atoms with Crippen LogP contribution in [0.2, 0.25) is 0 Å². The summed E-state index contributed by atoms with van der Waals surface area (Å²) in [5.74, 6) is 0.542. The lowest BCUT2D eigenvalue weighted by Crippen LogP contribution is -2.41. The summed E-state index contributed by atoms with van der Waals surface area (Å²) < 4.78 is 0. The van der Waals surface area contributed by atoms with Crippen molar-refractivity contribution < 1.29 is 10.2 Å². The molecule has 0 aliphatic heterocycles. The minimum Gasteiger partial charge on any atom is -0.390 e. The molecule has 0 bridgehead atoms. The predicted octanol–water partition coefficient (Wildman–Crippen LogP) is 1.99. The third-order valence-corrected chi connectivity index (χ3v) is 3.34. The van der Waals surface area contributed by atoms with Crippen LogP contribution >= 0.6 is 24.2 Å². The van der Waals surface area contributed by atoms with Crippen molar-refractivity contribution in [3.8, 4) is 0 Å². The maximum Gasteiger partial charge on any atom is 0.104 e. The van der Waals surface area contributed by atoms with Crippen LogP contribution in [0.1, 0.15) is 40.5 Å². The second-order valence-electron chi connectivity index (χ2n) is 4.68. The van der Waals surface area contributed by atoms with Crippen LogP contribution in [0.4, 0.5) is 0 Å². The van der Waals surface area contributed by atoms with Gasteiger partial charge in [0.2, 0.25) is 0 Å². The molecule has 3 unspecified atom stereocenters. The van der Waals surface area contributed by atoms with Gasteiger partial charge in [0.1, 0.15) is 6.10 Å². The first-order chi connectivity index (χ1) is 6.84. The Balaban J connectivity index is 0. The van der Waals surface area contributed by atoms with E-state index in [0.717, 1.165) is 6.42 Å². The van der Waals surface area contributed by atoms with E-state index in [2.05, 4.69) is 13.8 Å². The third kappa shape index (κ3) is 8.65. The molecule has 0 radical (unpaired) electrons. The summed E-state index contributed by atoms with van der Waals surface area (Å²) in [7, 11) is 0. The Morgan fingerprint density at radius 2 is 1.56 bits per heavy atom. The summed E-state index contributed by atoms with van der Waals surface area (Å²) in [6.45, 7) is 8.25. The fourth-order valence-corrected chi connectivity index (χ4v) is 2.26. The molecule has 0 aliphatic rings. The van der Waals surface area contributed by atoms with Gasteiger partial charge in [0.15, 0.2) is 0 Å². The molecule has 0 aliphatic carbocycles. The first-order valence-electron chi connectivity index (χ1n) is 5.61. The summed E-state index contributed by atoms with van der Waals surface area (Å²) in [6, 6.07) is 0. The molecule has 100 valence electrons. The molecule has 5 heteroatoms. The lowest BCUT2D eigenvalue weighted by Gasteiger charge is -2.25. The summed E-state index contributed by atoms with van der Waals surface area (Å²) >= 11 is 1.49. The molecule has 0 amide bonds. The Hall–Kier alpha value is 0.520. The van der Waals surface area contributed by atoms with Gasteiger partial charge in [-0.15, -0.1) is 24.2 Å². The van der Waals surface area contributed by atoms with E-state index in [1.807, 2.05) is 13.8 Å². The number of hydrogen-bond acceptors (Lipinski definition) is 4. The predicted molar refractivity (Wildman–Crippen MR) is 74.0 cm³/mol. The molecule has 0 aromatic rings. The highest BCUT2D eigenvalue weighted by Crippen LogP contribution is 2.20. The minimum absolute atomic E-state index is 0. The fourth-order valence-electron chi connectivity index (χ4n) is 1.29. The van der Waals surface area contributed by atoms with Gasteiger partial charge in [-0.3, -0.25) is 0 Å².